The molecule has 0 bridgehead atoms. The molecule has 3 aromatic carbocycles. The van der Waals surface area contributed by atoms with E-state index in [0.717, 1.165) is 18.4 Å². The Kier molecular flexibility index (Phi) is 5.84. The number of hydrogen-bond acceptors (Lipinski definition) is 1. The number of hydrogen-bond donors (Lipinski definition) is 1. The highest BCUT2D eigenvalue weighted by Gasteiger charge is 2.01. The van der Waals surface area contributed by atoms with Crippen LogP contribution in [-0.4, -0.2) is 5.11 Å². The number of aromatic hydroxyl groups is 1. The Hall–Kier alpha value is -3.06. The molecule has 3 rings (SSSR count). The molecule has 0 spiro atoms. The van der Waals surface area contributed by atoms with Crippen molar-refractivity contribution >= 4 is 12.2 Å². The SMILES string of the molecule is Oc1ccc(CC=Cc2ccccc2)cc1CC=Cc1ccccc1. The van der Waals surface area contributed by atoms with Gasteiger partial charge in [0.15, 0.2) is 0 Å². The molecule has 124 valence electrons. The van der Waals surface area contributed by atoms with E-state index in [2.05, 4.69) is 54.6 Å². The maximum atomic E-state index is 10.1. The second kappa shape index (κ2) is 8.70. The first-order valence-corrected chi connectivity index (χ1v) is 8.55. The van der Waals surface area contributed by atoms with E-state index >= 15 is 0 Å². The first-order chi connectivity index (χ1) is 12.3. The van der Waals surface area contributed by atoms with Crippen molar-refractivity contribution in [2.45, 2.75) is 12.8 Å². The third-order valence-corrected chi connectivity index (χ3v) is 4.05. The average molecular weight is 326 g/mol. The zero-order valence-corrected chi connectivity index (χ0v) is 14.2. The smallest absolute Gasteiger partial charge is 0.119 e. The monoisotopic (exact) mass is 326 g/mol. The van der Waals surface area contributed by atoms with E-state index in [1.807, 2.05) is 42.5 Å². The Labute approximate surface area is 149 Å². The van der Waals surface area contributed by atoms with Gasteiger partial charge in [-0.25, -0.2) is 0 Å². The quantitative estimate of drug-likeness (QED) is 0.597. The number of phenolic OH excluding ortho intramolecular Hbond substituents is 1. The molecule has 0 saturated heterocycles. The van der Waals surface area contributed by atoms with Gasteiger partial charge in [-0.1, -0.05) is 97.1 Å². The lowest BCUT2D eigenvalue weighted by Gasteiger charge is -2.05. The number of benzene rings is 3. The van der Waals surface area contributed by atoms with Crippen molar-refractivity contribution in [3.63, 3.8) is 0 Å². The lowest BCUT2D eigenvalue weighted by Crippen LogP contribution is -1.88. The van der Waals surface area contributed by atoms with Gasteiger partial charge in [-0.05, 0) is 41.2 Å². The van der Waals surface area contributed by atoms with Crippen LogP contribution < -0.4 is 0 Å². The lowest BCUT2D eigenvalue weighted by molar-refractivity contribution is 0.469. The van der Waals surface area contributed by atoms with E-state index in [9.17, 15) is 5.11 Å². The van der Waals surface area contributed by atoms with Crippen molar-refractivity contribution in [3.05, 3.63) is 113 Å². The highest BCUT2D eigenvalue weighted by atomic mass is 16.3. The van der Waals surface area contributed by atoms with Gasteiger partial charge in [0.05, 0.1) is 0 Å². The summed E-state index contributed by atoms with van der Waals surface area (Å²) in [7, 11) is 0. The summed E-state index contributed by atoms with van der Waals surface area (Å²) >= 11 is 0. The van der Waals surface area contributed by atoms with Crippen LogP contribution in [0.3, 0.4) is 0 Å². The molecule has 0 aliphatic carbocycles. The predicted octanol–water partition coefficient (Wildman–Crippen LogP) is 5.90. The van der Waals surface area contributed by atoms with Gasteiger partial charge >= 0.3 is 0 Å². The maximum Gasteiger partial charge on any atom is 0.119 e. The van der Waals surface area contributed by atoms with Crippen molar-refractivity contribution in [3.8, 4) is 5.75 Å². The molecule has 0 unspecified atom stereocenters. The normalized spacial score (nSPS) is 11.4. The van der Waals surface area contributed by atoms with Gasteiger partial charge in [0.2, 0.25) is 0 Å². The molecule has 0 saturated carbocycles. The molecule has 25 heavy (non-hydrogen) atoms. The Balaban J connectivity index is 1.64. The summed E-state index contributed by atoms with van der Waals surface area (Å²) in [5, 5.41) is 10.1. The molecule has 0 aliphatic rings. The van der Waals surface area contributed by atoms with Crippen LogP contribution in [0, 0.1) is 0 Å². The fourth-order valence-electron chi connectivity index (χ4n) is 2.71. The van der Waals surface area contributed by atoms with Crippen molar-refractivity contribution in [1.82, 2.24) is 0 Å². The van der Waals surface area contributed by atoms with Crippen molar-refractivity contribution in [1.29, 1.82) is 0 Å². The summed E-state index contributed by atoms with van der Waals surface area (Å²) in [4.78, 5) is 0. The molecule has 0 radical (unpaired) electrons. The van der Waals surface area contributed by atoms with Gasteiger partial charge in [0.25, 0.3) is 0 Å². The van der Waals surface area contributed by atoms with Crippen LogP contribution in [-0.2, 0) is 12.8 Å². The molecule has 0 aromatic heterocycles. The van der Waals surface area contributed by atoms with E-state index in [1.165, 1.54) is 16.7 Å². The summed E-state index contributed by atoms with van der Waals surface area (Å²) < 4.78 is 0. The average Bonchev–Trinajstić information content (AvgIpc) is 2.66. The van der Waals surface area contributed by atoms with E-state index < -0.39 is 0 Å². The maximum absolute atomic E-state index is 10.1. The second-order valence-electron chi connectivity index (χ2n) is 6.00. The highest BCUT2D eigenvalue weighted by molar-refractivity contribution is 5.51. The molecule has 0 aliphatic heterocycles. The zero-order valence-electron chi connectivity index (χ0n) is 14.2. The summed E-state index contributed by atoms with van der Waals surface area (Å²) in [5.41, 5.74) is 4.53. The molecule has 0 fully saturated rings. The largest absolute Gasteiger partial charge is 0.508 e. The van der Waals surface area contributed by atoms with Crippen LogP contribution >= 0.6 is 0 Å². The zero-order chi connectivity index (χ0) is 17.3. The van der Waals surface area contributed by atoms with Gasteiger partial charge in [-0.15, -0.1) is 0 Å². The minimum absolute atomic E-state index is 0.355. The van der Waals surface area contributed by atoms with Gasteiger partial charge < -0.3 is 5.11 Å². The van der Waals surface area contributed by atoms with E-state index in [1.54, 1.807) is 6.07 Å². The van der Waals surface area contributed by atoms with Gasteiger partial charge in [-0.2, -0.15) is 0 Å². The van der Waals surface area contributed by atoms with Crippen LogP contribution in [0.1, 0.15) is 22.3 Å². The molecule has 3 aromatic rings. The molecule has 0 heterocycles. The van der Waals surface area contributed by atoms with Crippen LogP contribution in [0.4, 0.5) is 0 Å². The van der Waals surface area contributed by atoms with Crippen LogP contribution in [0.15, 0.2) is 91.0 Å². The number of allylic oxidation sites excluding steroid dienone is 2. The third-order valence-electron chi connectivity index (χ3n) is 4.05. The van der Waals surface area contributed by atoms with Gasteiger partial charge in [0, 0.05) is 0 Å². The predicted molar refractivity (Wildman–Crippen MR) is 106 cm³/mol. The summed E-state index contributed by atoms with van der Waals surface area (Å²) in [6.07, 6.45) is 10.0. The number of phenols is 1. The minimum atomic E-state index is 0.355. The molecule has 1 nitrogen and oxygen atoms in total. The summed E-state index contributed by atoms with van der Waals surface area (Å²) in [6, 6.07) is 26.3. The summed E-state index contributed by atoms with van der Waals surface area (Å²) in [5.74, 6) is 0.355. The molecular formula is C24H22O. The Morgan fingerprint density at radius 3 is 1.80 bits per heavy atom. The molecule has 0 atom stereocenters. The fourth-order valence-corrected chi connectivity index (χ4v) is 2.71. The van der Waals surface area contributed by atoms with Crippen molar-refractivity contribution < 1.29 is 5.11 Å². The van der Waals surface area contributed by atoms with E-state index in [4.69, 9.17) is 0 Å². The fraction of sp³-hybridized carbons (Fsp3) is 0.0833. The molecular weight excluding hydrogens is 304 g/mol. The third kappa shape index (κ3) is 5.22. The minimum Gasteiger partial charge on any atom is -0.508 e. The van der Waals surface area contributed by atoms with Crippen LogP contribution in [0.5, 0.6) is 5.75 Å². The first-order valence-electron chi connectivity index (χ1n) is 8.55. The second-order valence-corrected chi connectivity index (χ2v) is 6.00. The van der Waals surface area contributed by atoms with Gasteiger partial charge in [-0.3, -0.25) is 0 Å². The molecule has 1 N–H and O–H groups in total. The van der Waals surface area contributed by atoms with E-state index in [-0.39, 0.29) is 0 Å². The molecule has 1 heteroatoms. The molecule has 0 amide bonds. The van der Waals surface area contributed by atoms with Crippen LogP contribution in [0.25, 0.3) is 12.2 Å². The Morgan fingerprint density at radius 2 is 1.20 bits per heavy atom. The Bertz CT molecular complexity index is 846. The van der Waals surface area contributed by atoms with E-state index in [0.29, 0.717) is 5.75 Å². The van der Waals surface area contributed by atoms with Crippen molar-refractivity contribution in [2.24, 2.45) is 0 Å². The summed E-state index contributed by atoms with van der Waals surface area (Å²) in [6.45, 7) is 0. The number of rotatable bonds is 6. The van der Waals surface area contributed by atoms with Crippen molar-refractivity contribution in [2.75, 3.05) is 0 Å². The topological polar surface area (TPSA) is 20.2 Å². The Morgan fingerprint density at radius 1 is 0.640 bits per heavy atom. The van der Waals surface area contributed by atoms with Crippen LogP contribution in [0.2, 0.25) is 0 Å². The lowest BCUT2D eigenvalue weighted by atomic mass is 10.0. The standard InChI is InChI=1S/C24H22O/c25-24-18-17-22(15-7-13-20-9-3-1-4-10-20)19-23(24)16-8-14-21-11-5-2-6-12-21/h1-14,17-19,25H,15-16H2. The van der Waals surface area contributed by atoms with Gasteiger partial charge in [0.1, 0.15) is 5.75 Å². The first kappa shape index (κ1) is 16.8. The highest BCUT2D eigenvalue weighted by Crippen LogP contribution is 2.20.